The Balaban J connectivity index is 1.78. The quantitative estimate of drug-likeness (QED) is 0.815. The zero-order valence-electron chi connectivity index (χ0n) is 13.2. The SMILES string of the molecule is CC(=NCc1cccnc1)[C@@H]1C(=O)N(c2ccccc2)N=C1C. The number of amides is 1. The molecule has 0 radical (unpaired) electrons. The van der Waals surface area contributed by atoms with Crippen molar-refractivity contribution in [2.45, 2.75) is 20.4 Å². The second-order valence-electron chi connectivity index (χ2n) is 5.48. The van der Waals surface area contributed by atoms with Gasteiger partial charge in [-0.3, -0.25) is 14.8 Å². The summed E-state index contributed by atoms with van der Waals surface area (Å²) in [6.45, 7) is 4.27. The number of benzene rings is 1. The molecule has 0 saturated carbocycles. The molecule has 0 aliphatic carbocycles. The van der Waals surface area contributed by atoms with Gasteiger partial charge in [0.25, 0.3) is 5.91 Å². The number of aromatic nitrogens is 1. The van der Waals surface area contributed by atoms with Gasteiger partial charge in [-0.2, -0.15) is 10.1 Å². The third-order valence-corrected chi connectivity index (χ3v) is 3.78. The summed E-state index contributed by atoms with van der Waals surface area (Å²) >= 11 is 0. The monoisotopic (exact) mass is 306 g/mol. The van der Waals surface area contributed by atoms with Crippen LogP contribution in [0.1, 0.15) is 19.4 Å². The molecule has 0 saturated heterocycles. The van der Waals surface area contributed by atoms with Crippen LogP contribution in [0.5, 0.6) is 0 Å². The molecule has 23 heavy (non-hydrogen) atoms. The van der Waals surface area contributed by atoms with E-state index in [0.29, 0.717) is 6.54 Å². The molecule has 1 amide bonds. The number of hydrogen-bond acceptors (Lipinski definition) is 4. The normalized spacial score (nSPS) is 18.3. The van der Waals surface area contributed by atoms with Crippen molar-refractivity contribution in [2.75, 3.05) is 5.01 Å². The minimum atomic E-state index is -0.383. The van der Waals surface area contributed by atoms with E-state index < -0.39 is 0 Å². The van der Waals surface area contributed by atoms with Gasteiger partial charge in [0.15, 0.2) is 0 Å². The first-order valence-electron chi connectivity index (χ1n) is 7.51. The zero-order chi connectivity index (χ0) is 16.2. The van der Waals surface area contributed by atoms with Crippen LogP contribution >= 0.6 is 0 Å². The Morgan fingerprint density at radius 2 is 2.00 bits per heavy atom. The number of hydrogen-bond donors (Lipinski definition) is 0. The Bertz CT molecular complexity index is 753. The number of hydrazone groups is 1. The summed E-state index contributed by atoms with van der Waals surface area (Å²) in [4.78, 5) is 21.3. The molecule has 1 aromatic carbocycles. The standard InChI is InChI=1S/C18H18N4O/c1-13(20-12-15-7-6-10-19-11-15)17-14(2)21-22(18(17)23)16-8-4-3-5-9-16/h3-11,17H,12H2,1-2H3/t17-/m0/s1. The summed E-state index contributed by atoms with van der Waals surface area (Å²) in [5, 5.41) is 5.87. The van der Waals surface area contributed by atoms with E-state index in [4.69, 9.17) is 0 Å². The molecule has 116 valence electrons. The highest BCUT2D eigenvalue weighted by Gasteiger charge is 2.36. The molecule has 5 nitrogen and oxygen atoms in total. The van der Waals surface area contributed by atoms with E-state index in [0.717, 1.165) is 22.7 Å². The van der Waals surface area contributed by atoms with E-state index in [-0.39, 0.29) is 11.8 Å². The lowest BCUT2D eigenvalue weighted by atomic mass is 9.99. The van der Waals surface area contributed by atoms with Crippen molar-refractivity contribution in [3.05, 3.63) is 60.4 Å². The molecular weight excluding hydrogens is 288 g/mol. The topological polar surface area (TPSA) is 57.9 Å². The van der Waals surface area contributed by atoms with Crippen molar-refractivity contribution >= 4 is 23.0 Å². The van der Waals surface area contributed by atoms with Crippen LogP contribution in [-0.4, -0.2) is 22.3 Å². The predicted octanol–water partition coefficient (Wildman–Crippen LogP) is 3.08. The zero-order valence-corrected chi connectivity index (χ0v) is 13.2. The maximum atomic E-state index is 12.7. The number of nitrogens with zero attached hydrogens (tertiary/aromatic N) is 4. The summed E-state index contributed by atoms with van der Waals surface area (Å²) in [5.41, 5.74) is 3.34. The number of anilines is 1. The van der Waals surface area contributed by atoms with Gasteiger partial charge < -0.3 is 0 Å². The number of pyridine rings is 1. The van der Waals surface area contributed by atoms with Crippen LogP contribution in [0.3, 0.4) is 0 Å². The average Bonchev–Trinajstić information content (AvgIpc) is 2.89. The van der Waals surface area contributed by atoms with Crippen LogP contribution in [0.4, 0.5) is 5.69 Å². The molecule has 1 aliphatic rings. The van der Waals surface area contributed by atoms with Crippen LogP contribution in [0.2, 0.25) is 0 Å². The molecule has 0 unspecified atom stereocenters. The van der Waals surface area contributed by atoms with Crippen LogP contribution < -0.4 is 5.01 Å². The van der Waals surface area contributed by atoms with Crippen LogP contribution in [0, 0.1) is 5.92 Å². The van der Waals surface area contributed by atoms with Crippen LogP contribution in [-0.2, 0) is 11.3 Å². The second kappa shape index (κ2) is 6.52. The highest BCUT2D eigenvalue weighted by atomic mass is 16.2. The largest absolute Gasteiger partial charge is 0.288 e. The molecule has 1 atom stereocenters. The minimum absolute atomic E-state index is 0.0545. The molecule has 0 spiro atoms. The van der Waals surface area contributed by atoms with Gasteiger partial charge in [-0.1, -0.05) is 24.3 Å². The fourth-order valence-corrected chi connectivity index (χ4v) is 2.60. The molecular formula is C18H18N4O. The Morgan fingerprint density at radius 1 is 1.22 bits per heavy atom. The van der Waals surface area contributed by atoms with Gasteiger partial charge in [0, 0.05) is 18.1 Å². The van der Waals surface area contributed by atoms with Gasteiger partial charge in [0.05, 0.1) is 17.9 Å². The molecule has 1 aliphatic heterocycles. The first kappa shape index (κ1) is 15.1. The van der Waals surface area contributed by atoms with E-state index >= 15 is 0 Å². The third-order valence-electron chi connectivity index (χ3n) is 3.78. The molecule has 0 N–H and O–H groups in total. The van der Waals surface area contributed by atoms with Gasteiger partial charge in [0.1, 0.15) is 5.92 Å². The lowest BCUT2D eigenvalue weighted by Gasteiger charge is -2.14. The van der Waals surface area contributed by atoms with Gasteiger partial charge in [-0.25, -0.2) is 0 Å². The van der Waals surface area contributed by atoms with Gasteiger partial charge in [0.2, 0.25) is 0 Å². The smallest absolute Gasteiger partial charge is 0.261 e. The van der Waals surface area contributed by atoms with Gasteiger partial charge >= 0.3 is 0 Å². The summed E-state index contributed by atoms with van der Waals surface area (Å²) < 4.78 is 0. The first-order chi connectivity index (χ1) is 11.2. The summed E-state index contributed by atoms with van der Waals surface area (Å²) in [6, 6.07) is 13.3. The molecule has 0 fully saturated rings. The summed E-state index contributed by atoms with van der Waals surface area (Å²) in [7, 11) is 0. The number of aliphatic imine (C=N–C) groups is 1. The van der Waals surface area contributed by atoms with E-state index in [1.165, 1.54) is 5.01 Å². The van der Waals surface area contributed by atoms with Crippen molar-refractivity contribution in [2.24, 2.45) is 16.0 Å². The second-order valence-corrected chi connectivity index (χ2v) is 5.48. The average molecular weight is 306 g/mol. The molecule has 2 heterocycles. The highest BCUT2D eigenvalue weighted by molar-refractivity contribution is 6.27. The minimum Gasteiger partial charge on any atom is -0.288 e. The maximum Gasteiger partial charge on any atom is 0.261 e. The van der Waals surface area contributed by atoms with E-state index in [2.05, 4.69) is 15.1 Å². The number of carbonyl (C=O) groups is 1. The lowest BCUT2D eigenvalue weighted by molar-refractivity contribution is -0.118. The van der Waals surface area contributed by atoms with Crippen molar-refractivity contribution < 1.29 is 4.79 Å². The van der Waals surface area contributed by atoms with E-state index in [1.807, 2.05) is 56.3 Å². The molecule has 5 heteroatoms. The highest BCUT2D eigenvalue weighted by Crippen LogP contribution is 2.24. The third kappa shape index (κ3) is 3.18. The van der Waals surface area contributed by atoms with Crippen LogP contribution in [0.15, 0.2) is 65.0 Å². The van der Waals surface area contributed by atoms with E-state index in [1.54, 1.807) is 12.4 Å². The number of carbonyl (C=O) groups excluding carboxylic acids is 1. The maximum absolute atomic E-state index is 12.7. The predicted molar refractivity (Wildman–Crippen MR) is 91.6 cm³/mol. The summed E-state index contributed by atoms with van der Waals surface area (Å²) in [6.07, 6.45) is 3.51. The lowest BCUT2D eigenvalue weighted by Crippen LogP contribution is -2.31. The van der Waals surface area contributed by atoms with E-state index in [9.17, 15) is 4.79 Å². The Labute approximate surface area is 135 Å². The summed E-state index contributed by atoms with van der Waals surface area (Å²) in [5.74, 6) is -0.437. The Hall–Kier alpha value is -2.82. The van der Waals surface area contributed by atoms with Crippen molar-refractivity contribution in [1.82, 2.24) is 4.98 Å². The molecule has 1 aromatic heterocycles. The molecule has 2 aromatic rings. The first-order valence-corrected chi connectivity index (χ1v) is 7.51. The van der Waals surface area contributed by atoms with Crippen molar-refractivity contribution in [3.63, 3.8) is 0 Å². The Kier molecular flexibility index (Phi) is 4.28. The van der Waals surface area contributed by atoms with Gasteiger partial charge in [-0.05, 0) is 37.6 Å². The van der Waals surface area contributed by atoms with Crippen molar-refractivity contribution in [1.29, 1.82) is 0 Å². The fraction of sp³-hybridized carbons (Fsp3) is 0.222. The number of para-hydroxylation sites is 1. The molecule has 3 rings (SSSR count). The molecule has 0 bridgehead atoms. The van der Waals surface area contributed by atoms with Crippen LogP contribution in [0.25, 0.3) is 0 Å². The van der Waals surface area contributed by atoms with Gasteiger partial charge in [-0.15, -0.1) is 0 Å². The fourth-order valence-electron chi connectivity index (χ4n) is 2.60. The Morgan fingerprint density at radius 3 is 2.70 bits per heavy atom. The van der Waals surface area contributed by atoms with Crippen molar-refractivity contribution in [3.8, 4) is 0 Å². The number of rotatable bonds is 4.